The van der Waals surface area contributed by atoms with E-state index in [0.29, 0.717) is 19.0 Å². The van der Waals surface area contributed by atoms with Crippen molar-refractivity contribution in [2.75, 3.05) is 19.6 Å². The van der Waals surface area contributed by atoms with Gasteiger partial charge in [-0.05, 0) is 25.8 Å². The van der Waals surface area contributed by atoms with E-state index in [1.165, 1.54) is 17.7 Å². The Balaban J connectivity index is 2.35. The average Bonchev–Trinajstić information content (AvgIpc) is 2.36. The molecule has 102 valence electrons. The zero-order valence-electron chi connectivity index (χ0n) is 10.7. The maximum Gasteiger partial charge on any atom is 0.323 e. The number of carbonyl (C=O) groups excluding carboxylic acids is 1. The van der Waals surface area contributed by atoms with Crippen LogP contribution in [-0.4, -0.2) is 47.6 Å². The molecule has 0 aromatic carbocycles. The van der Waals surface area contributed by atoms with Crippen LogP contribution in [0.4, 0.5) is 0 Å². The standard InChI is InChI=1S/C13H22N2O3/c1-2-9-15(10-13(17)18)12(16)7-6-11-5-3-4-8-14-11/h2,11,14H,1,3-10H2,(H,17,18). The van der Waals surface area contributed by atoms with Gasteiger partial charge in [-0.1, -0.05) is 12.5 Å². The topological polar surface area (TPSA) is 69.6 Å². The van der Waals surface area contributed by atoms with Crippen LogP contribution in [0, 0.1) is 0 Å². The summed E-state index contributed by atoms with van der Waals surface area (Å²) in [7, 11) is 0. The first-order valence-electron chi connectivity index (χ1n) is 6.47. The molecule has 1 aliphatic rings. The van der Waals surface area contributed by atoms with Gasteiger partial charge in [0.05, 0.1) is 0 Å². The molecule has 1 saturated heterocycles. The van der Waals surface area contributed by atoms with Crippen LogP contribution in [0.25, 0.3) is 0 Å². The number of piperidine rings is 1. The van der Waals surface area contributed by atoms with Crippen molar-refractivity contribution in [1.82, 2.24) is 10.2 Å². The van der Waals surface area contributed by atoms with Crippen molar-refractivity contribution >= 4 is 11.9 Å². The van der Waals surface area contributed by atoms with E-state index in [4.69, 9.17) is 5.11 Å². The third kappa shape index (κ3) is 5.31. The van der Waals surface area contributed by atoms with Gasteiger partial charge < -0.3 is 15.3 Å². The second-order valence-corrected chi connectivity index (χ2v) is 4.64. The smallest absolute Gasteiger partial charge is 0.323 e. The Labute approximate surface area is 108 Å². The third-order valence-corrected chi connectivity index (χ3v) is 3.15. The molecule has 0 radical (unpaired) electrons. The lowest BCUT2D eigenvalue weighted by Crippen LogP contribution is -2.38. The molecule has 5 nitrogen and oxygen atoms in total. The van der Waals surface area contributed by atoms with Crippen LogP contribution in [-0.2, 0) is 9.59 Å². The van der Waals surface area contributed by atoms with Gasteiger partial charge >= 0.3 is 5.97 Å². The number of nitrogens with one attached hydrogen (secondary N) is 1. The highest BCUT2D eigenvalue weighted by Crippen LogP contribution is 2.12. The summed E-state index contributed by atoms with van der Waals surface area (Å²) in [6, 6.07) is 0.401. The maximum atomic E-state index is 11.9. The van der Waals surface area contributed by atoms with Gasteiger partial charge in [-0.3, -0.25) is 9.59 Å². The third-order valence-electron chi connectivity index (χ3n) is 3.15. The van der Waals surface area contributed by atoms with E-state index >= 15 is 0 Å². The van der Waals surface area contributed by atoms with E-state index in [1.54, 1.807) is 6.08 Å². The van der Waals surface area contributed by atoms with Crippen molar-refractivity contribution in [3.8, 4) is 0 Å². The van der Waals surface area contributed by atoms with Crippen LogP contribution in [0.3, 0.4) is 0 Å². The Hall–Kier alpha value is -1.36. The minimum Gasteiger partial charge on any atom is -0.480 e. The number of carboxylic acids is 1. The van der Waals surface area contributed by atoms with Gasteiger partial charge in [0, 0.05) is 19.0 Å². The number of carbonyl (C=O) groups is 2. The highest BCUT2D eigenvalue weighted by atomic mass is 16.4. The minimum absolute atomic E-state index is 0.107. The SMILES string of the molecule is C=CCN(CC(=O)O)C(=O)CCC1CCCCN1. The van der Waals surface area contributed by atoms with Gasteiger partial charge in [-0.15, -0.1) is 6.58 Å². The van der Waals surface area contributed by atoms with Gasteiger partial charge in [-0.25, -0.2) is 0 Å². The highest BCUT2D eigenvalue weighted by Gasteiger charge is 2.18. The number of hydrogen-bond donors (Lipinski definition) is 2. The molecule has 5 heteroatoms. The zero-order valence-corrected chi connectivity index (χ0v) is 10.7. The normalized spacial score (nSPS) is 19.2. The first-order valence-corrected chi connectivity index (χ1v) is 6.47. The molecule has 0 saturated carbocycles. The number of rotatable bonds is 7. The predicted molar refractivity (Wildman–Crippen MR) is 69.3 cm³/mol. The van der Waals surface area contributed by atoms with Crippen LogP contribution in [0.15, 0.2) is 12.7 Å². The fraction of sp³-hybridized carbons (Fsp3) is 0.692. The summed E-state index contributed by atoms with van der Waals surface area (Å²) in [6.45, 7) is 4.61. The number of amides is 1. The first-order chi connectivity index (χ1) is 8.63. The van der Waals surface area contributed by atoms with Gasteiger partial charge in [0.15, 0.2) is 0 Å². The molecule has 1 amide bonds. The summed E-state index contributed by atoms with van der Waals surface area (Å²) in [5.74, 6) is -1.09. The van der Waals surface area contributed by atoms with Crippen LogP contribution in [0.1, 0.15) is 32.1 Å². The van der Waals surface area contributed by atoms with E-state index in [2.05, 4.69) is 11.9 Å². The fourth-order valence-corrected chi connectivity index (χ4v) is 2.20. The van der Waals surface area contributed by atoms with Crippen LogP contribution in [0.2, 0.25) is 0 Å². The molecule has 1 unspecified atom stereocenters. The van der Waals surface area contributed by atoms with E-state index in [0.717, 1.165) is 19.4 Å². The molecule has 18 heavy (non-hydrogen) atoms. The number of nitrogens with zero attached hydrogens (tertiary/aromatic N) is 1. The minimum atomic E-state index is -0.985. The Morgan fingerprint density at radius 1 is 1.44 bits per heavy atom. The molecule has 2 N–H and O–H groups in total. The lowest BCUT2D eigenvalue weighted by atomic mass is 10.0. The molecule has 0 aliphatic carbocycles. The fourth-order valence-electron chi connectivity index (χ4n) is 2.20. The largest absolute Gasteiger partial charge is 0.480 e. The number of carboxylic acid groups (broad SMARTS) is 1. The molecule has 0 aromatic heterocycles. The van der Waals surface area contributed by atoms with Crippen molar-refractivity contribution in [3.05, 3.63) is 12.7 Å². The zero-order chi connectivity index (χ0) is 13.4. The summed E-state index contributed by atoms with van der Waals surface area (Å²) in [4.78, 5) is 23.9. The van der Waals surface area contributed by atoms with Crippen LogP contribution in [0.5, 0.6) is 0 Å². The Morgan fingerprint density at radius 2 is 2.22 bits per heavy atom. The monoisotopic (exact) mass is 254 g/mol. The van der Waals surface area contributed by atoms with E-state index in [1.807, 2.05) is 0 Å². The van der Waals surface area contributed by atoms with Gasteiger partial charge in [0.25, 0.3) is 0 Å². The summed E-state index contributed by atoms with van der Waals surface area (Å²) in [5.41, 5.74) is 0. The van der Waals surface area contributed by atoms with Crippen molar-refractivity contribution in [1.29, 1.82) is 0 Å². The number of hydrogen-bond acceptors (Lipinski definition) is 3. The second kappa shape index (κ2) is 7.87. The summed E-state index contributed by atoms with van der Waals surface area (Å²) >= 11 is 0. The van der Waals surface area contributed by atoms with Crippen molar-refractivity contribution in [2.24, 2.45) is 0 Å². The Kier molecular flexibility index (Phi) is 6.43. The Bertz CT molecular complexity index is 299. The van der Waals surface area contributed by atoms with Gasteiger partial charge in [0.1, 0.15) is 6.54 Å². The number of aliphatic carboxylic acids is 1. The molecule has 0 spiro atoms. The Morgan fingerprint density at radius 3 is 2.78 bits per heavy atom. The molecule has 0 bridgehead atoms. The van der Waals surface area contributed by atoms with Crippen molar-refractivity contribution < 1.29 is 14.7 Å². The molecule has 1 atom stereocenters. The predicted octanol–water partition coefficient (Wildman–Crippen LogP) is 1.01. The second-order valence-electron chi connectivity index (χ2n) is 4.64. The summed E-state index contributed by atoms with van der Waals surface area (Å²) in [6.07, 6.45) is 6.25. The lowest BCUT2D eigenvalue weighted by molar-refractivity contribution is -0.144. The van der Waals surface area contributed by atoms with Crippen LogP contribution < -0.4 is 5.32 Å². The molecule has 1 heterocycles. The van der Waals surface area contributed by atoms with E-state index in [-0.39, 0.29) is 12.5 Å². The van der Waals surface area contributed by atoms with Gasteiger partial charge in [0.2, 0.25) is 5.91 Å². The molecule has 1 fully saturated rings. The van der Waals surface area contributed by atoms with Crippen LogP contribution >= 0.6 is 0 Å². The molecule has 1 rings (SSSR count). The highest BCUT2D eigenvalue weighted by molar-refractivity contribution is 5.81. The summed E-state index contributed by atoms with van der Waals surface area (Å²) < 4.78 is 0. The van der Waals surface area contributed by atoms with Crippen molar-refractivity contribution in [3.63, 3.8) is 0 Å². The average molecular weight is 254 g/mol. The molecular weight excluding hydrogens is 232 g/mol. The van der Waals surface area contributed by atoms with Gasteiger partial charge in [-0.2, -0.15) is 0 Å². The lowest BCUT2D eigenvalue weighted by Gasteiger charge is -2.24. The van der Waals surface area contributed by atoms with E-state index < -0.39 is 5.97 Å². The molecule has 1 aliphatic heterocycles. The summed E-state index contributed by atoms with van der Waals surface area (Å²) in [5, 5.41) is 12.1. The molecule has 0 aromatic rings. The first kappa shape index (κ1) is 14.7. The maximum absolute atomic E-state index is 11.9. The van der Waals surface area contributed by atoms with E-state index in [9.17, 15) is 9.59 Å². The van der Waals surface area contributed by atoms with Crippen molar-refractivity contribution in [2.45, 2.75) is 38.1 Å². The molecular formula is C13H22N2O3. The quantitative estimate of drug-likeness (QED) is 0.665.